The molecule has 0 spiro atoms. The van der Waals surface area contributed by atoms with E-state index in [1.807, 2.05) is 12.1 Å². The molecular weight excluding hydrogens is 293 g/mol. The average Bonchev–Trinajstić information content (AvgIpc) is 3.26. The molecular formula is C15H21Cl2N3. The summed E-state index contributed by atoms with van der Waals surface area (Å²) < 4.78 is 0. The lowest BCUT2D eigenvalue weighted by Gasteiger charge is -2.35. The van der Waals surface area contributed by atoms with Gasteiger partial charge in [0.25, 0.3) is 0 Å². The van der Waals surface area contributed by atoms with Gasteiger partial charge >= 0.3 is 0 Å². The maximum absolute atomic E-state index is 9.29. The van der Waals surface area contributed by atoms with Gasteiger partial charge in [0.2, 0.25) is 0 Å². The number of piperazine rings is 1. The van der Waals surface area contributed by atoms with Crippen molar-refractivity contribution in [2.75, 3.05) is 26.2 Å². The second kappa shape index (κ2) is 7.85. The van der Waals surface area contributed by atoms with Crippen LogP contribution in [0.4, 0.5) is 0 Å². The summed E-state index contributed by atoms with van der Waals surface area (Å²) >= 11 is 0. The Morgan fingerprint density at radius 2 is 1.80 bits per heavy atom. The quantitative estimate of drug-likeness (QED) is 0.932. The minimum Gasteiger partial charge on any atom is -0.314 e. The zero-order chi connectivity index (χ0) is 12.4. The van der Waals surface area contributed by atoms with Crippen molar-refractivity contribution in [3.8, 4) is 6.07 Å². The van der Waals surface area contributed by atoms with Gasteiger partial charge < -0.3 is 5.32 Å². The van der Waals surface area contributed by atoms with Gasteiger partial charge in [0.15, 0.2) is 0 Å². The molecule has 1 heterocycles. The molecule has 0 amide bonds. The van der Waals surface area contributed by atoms with Crippen molar-refractivity contribution >= 4 is 24.8 Å². The molecule has 2 aliphatic rings. The van der Waals surface area contributed by atoms with Crippen molar-refractivity contribution in [2.45, 2.75) is 18.9 Å². The van der Waals surface area contributed by atoms with Crippen molar-refractivity contribution in [1.82, 2.24) is 10.2 Å². The lowest BCUT2D eigenvalue weighted by molar-refractivity contribution is 0.156. The van der Waals surface area contributed by atoms with Gasteiger partial charge in [-0.3, -0.25) is 4.90 Å². The summed E-state index contributed by atoms with van der Waals surface area (Å²) in [6.45, 7) is 4.33. The van der Waals surface area contributed by atoms with Crippen LogP contribution < -0.4 is 5.32 Å². The first-order valence-electron chi connectivity index (χ1n) is 6.84. The van der Waals surface area contributed by atoms with Gasteiger partial charge in [0, 0.05) is 32.2 Å². The second-order valence-corrected chi connectivity index (χ2v) is 5.27. The standard InChI is InChI=1S/C15H19N3.2ClH/c16-11-13-3-1-2-4-14(13)15(12-5-6-12)18-9-7-17-8-10-18;;/h1-4,12,15,17H,5-10H2;2*1H/t15-;;/m0../s1. The molecule has 2 fully saturated rings. The summed E-state index contributed by atoms with van der Waals surface area (Å²) in [6.07, 6.45) is 2.63. The van der Waals surface area contributed by atoms with Crippen molar-refractivity contribution in [3.05, 3.63) is 35.4 Å². The molecule has 1 atom stereocenters. The van der Waals surface area contributed by atoms with Crippen molar-refractivity contribution < 1.29 is 0 Å². The van der Waals surface area contributed by atoms with E-state index < -0.39 is 0 Å². The maximum atomic E-state index is 9.29. The zero-order valence-corrected chi connectivity index (χ0v) is 13.1. The Hall–Kier alpha value is -0.790. The van der Waals surface area contributed by atoms with Gasteiger partial charge in [-0.05, 0) is 30.4 Å². The molecule has 0 radical (unpaired) electrons. The Morgan fingerprint density at radius 1 is 1.15 bits per heavy atom. The van der Waals surface area contributed by atoms with Gasteiger partial charge in [-0.15, -0.1) is 24.8 Å². The Balaban J connectivity index is 0.000001000. The third kappa shape index (κ3) is 3.65. The van der Waals surface area contributed by atoms with Gasteiger partial charge in [-0.2, -0.15) is 5.26 Å². The fourth-order valence-corrected chi connectivity index (χ4v) is 2.98. The molecule has 1 saturated heterocycles. The molecule has 110 valence electrons. The topological polar surface area (TPSA) is 39.1 Å². The summed E-state index contributed by atoms with van der Waals surface area (Å²) in [5.74, 6) is 0.762. The fraction of sp³-hybridized carbons (Fsp3) is 0.533. The van der Waals surface area contributed by atoms with Crippen LogP contribution in [0.5, 0.6) is 0 Å². The number of rotatable bonds is 3. The summed E-state index contributed by atoms with van der Waals surface area (Å²) in [6, 6.07) is 10.9. The van der Waals surface area contributed by atoms with E-state index in [0.29, 0.717) is 6.04 Å². The van der Waals surface area contributed by atoms with Gasteiger partial charge in [0.05, 0.1) is 11.6 Å². The lowest BCUT2D eigenvalue weighted by Crippen LogP contribution is -2.45. The van der Waals surface area contributed by atoms with E-state index in [1.54, 1.807) is 0 Å². The van der Waals surface area contributed by atoms with Crippen LogP contribution in [0.25, 0.3) is 0 Å². The monoisotopic (exact) mass is 313 g/mol. The predicted octanol–water partition coefficient (Wildman–Crippen LogP) is 2.76. The molecule has 1 N–H and O–H groups in total. The number of halogens is 2. The molecule has 1 aromatic carbocycles. The molecule has 3 nitrogen and oxygen atoms in total. The average molecular weight is 314 g/mol. The third-order valence-electron chi connectivity index (χ3n) is 4.01. The molecule has 3 rings (SSSR count). The van der Waals surface area contributed by atoms with Crippen molar-refractivity contribution in [1.29, 1.82) is 5.26 Å². The van der Waals surface area contributed by atoms with E-state index in [1.165, 1.54) is 18.4 Å². The Morgan fingerprint density at radius 3 is 2.40 bits per heavy atom. The number of nitriles is 1. The maximum Gasteiger partial charge on any atom is 0.0995 e. The zero-order valence-electron chi connectivity index (χ0n) is 11.4. The third-order valence-corrected chi connectivity index (χ3v) is 4.01. The van der Waals surface area contributed by atoms with Crippen LogP contribution in [-0.4, -0.2) is 31.1 Å². The molecule has 0 bridgehead atoms. The van der Waals surface area contributed by atoms with Crippen molar-refractivity contribution in [3.63, 3.8) is 0 Å². The van der Waals surface area contributed by atoms with Crippen LogP contribution in [0.2, 0.25) is 0 Å². The summed E-state index contributed by atoms with van der Waals surface area (Å²) in [4.78, 5) is 2.56. The second-order valence-electron chi connectivity index (χ2n) is 5.27. The number of hydrogen-bond acceptors (Lipinski definition) is 3. The lowest BCUT2D eigenvalue weighted by atomic mass is 9.95. The van der Waals surface area contributed by atoms with E-state index in [9.17, 15) is 5.26 Å². The largest absolute Gasteiger partial charge is 0.314 e. The highest BCUT2D eigenvalue weighted by molar-refractivity contribution is 5.85. The molecule has 0 unspecified atom stereocenters. The molecule has 1 aliphatic heterocycles. The van der Waals surface area contributed by atoms with E-state index in [0.717, 1.165) is 37.7 Å². The highest BCUT2D eigenvalue weighted by Crippen LogP contribution is 2.45. The molecule has 0 aromatic heterocycles. The molecule has 1 aromatic rings. The van der Waals surface area contributed by atoms with Gasteiger partial charge in [-0.1, -0.05) is 18.2 Å². The van der Waals surface area contributed by atoms with E-state index in [2.05, 4.69) is 28.4 Å². The van der Waals surface area contributed by atoms with Crippen LogP contribution in [0.1, 0.15) is 30.0 Å². The number of nitrogens with one attached hydrogen (secondary N) is 1. The number of nitrogens with zero attached hydrogens (tertiary/aromatic N) is 2. The minimum absolute atomic E-state index is 0. The van der Waals surface area contributed by atoms with Crippen LogP contribution in [0.3, 0.4) is 0 Å². The number of hydrogen-bond donors (Lipinski definition) is 1. The summed E-state index contributed by atoms with van der Waals surface area (Å²) in [7, 11) is 0. The SMILES string of the molecule is Cl.Cl.N#Cc1ccccc1[C@H](C1CC1)N1CCNCC1. The fourth-order valence-electron chi connectivity index (χ4n) is 2.98. The molecule has 5 heteroatoms. The predicted molar refractivity (Wildman–Crippen MR) is 85.6 cm³/mol. The summed E-state index contributed by atoms with van der Waals surface area (Å²) in [5.41, 5.74) is 2.09. The van der Waals surface area contributed by atoms with Crippen LogP contribution in [0, 0.1) is 17.2 Å². The normalized spacial score (nSPS) is 20.1. The first kappa shape index (κ1) is 17.3. The first-order valence-corrected chi connectivity index (χ1v) is 6.84. The Bertz CT molecular complexity index is 462. The first-order chi connectivity index (χ1) is 8.90. The van der Waals surface area contributed by atoms with Gasteiger partial charge in [-0.25, -0.2) is 0 Å². The van der Waals surface area contributed by atoms with Crippen LogP contribution >= 0.6 is 24.8 Å². The molecule has 1 aliphatic carbocycles. The van der Waals surface area contributed by atoms with Crippen molar-refractivity contribution in [2.24, 2.45) is 5.92 Å². The highest BCUT2D eigenvalue weighted by Gasteiger charge is 2.37. The number of benzene rings is 1. The van der Waals surface area contributed by atoms with E-state index >= 15 is 0 Å². The van der Waals surface area contributed by atoms with Gasteiger partial charge in [0.1, 0.15) is 0 Å². The van der Waals surface area contributed by atoms with Crippen LogP contribution in [0.15, 0.2) is 24.3 Å². The minimum atomic E-state index is 0. The van der Waals surface area contributed by atoms with E-state index in [4.69, 9.17) is 0 Å². The van der Waals surface area contributed by atoms with E-state index in [-0.39, 0.29) is 24.8 Å². The Kier molecular flexibility index (Phi) is 6.78. The highest BCUT2D eigenvalue weighted by atomic mass is 35.5. The Labute approximate surface area is 133 Å². The van der Waals surface area contributed by atoms with Crippen LogP contribution in [-0.2, 0) is 0 Å². The molecule has 1 saturated carbocycles. The molecule has 20 heavy (non-hydrogen) atoms. The summed E-state index contributed by atoms with van der Waals surface area (Å²) in [5, 5.41) is 12.7. The smallest absolute Gasteiger partial charge is 0.0995 e.